The van der Waals surface area contributed by atoms with Gasteiger partial charge in [0.1, 0.15) is 5.75 Å². The number of nitrogens with zero attached hydrogens (tertiary/aromatic N) is 1. The highest BCUT2D eigenvalue weighted by Gasteiger charge is 2.16. The predicted octanol–water partition coefficient (Wildman–Crippen LogP) is 2.08. The Morgan fingerprint density at radius 3 is 2.79 bits per heavy atom. The first-order valence-electron chi connectivity index (χ1n) is 8.78. The molecule has 1 aliphatic rings. The number of benzene rings is 2. The number of amides is 2. The van der Waals surface area contributed by atoms with Crippen LogP contribution in [0.15, 0.2) is 47.6 Å². The highest BCUT2D eigenvalue weighted by Crippen LogP contribution is 2.32. The molecule has 2 aromatic carbocycles. The molecule has 2 aromatic rings. The summed E-state index contributed by atoms with van der Waals surface area (Å²) in [5, 5.41) is 6.45. The van der Waals surface area contributed by atoms with E-state index in [4.69, 9.17) is 14.2 Å². The summed E-state index contributed by atoms with van der Waals surface area (Å²) in [6.45, 7) is 3.78. The monoisotopic (exact) mass is 383 g/mol. The lowest BCUT2D eigenvalue weighted by Crippen LogP contribution is -2.34. The summed E-state index contributed by atoms with van der Waals surface area (Å²) in [5.74, 6) is 0.918. The van der Waals surface area contributed by atoms with Crippen molar-refractivity contribution in [1.82, 2.24) is 10.7 Å². The van der Waals surface area contributed by atoms with Crippen LogP contribution in [0.4, 0.5) is 0 Å². The number of nitrogens with one attached hydrogen (secondary N) is 2. The van der Waals surface area contributed by atoms with Crippen LogP contribution >= 0.6 is 0 Å². The van der Waals surface area contributed by atoms with Gasteiger partial charge in [0.05, 0.1) is 18.9 Å². The standard InChI is InChI=1S/C20H21N3O5/c1-13(2)28-16-6-4-3-5-15(16)10-22-23-19(24)11-21-20(25)14-7-8-17-18(9-14)27-12-26-17/h3-10,13H,11-12H2,1-2H3,(H,21,25)(H,23,24)/b22-10-. The fourth-order valence-electron chi connectivity index (χ4n) is 2.46. The maximum atomic E-state index is 12.1. The predicted molar refractivity (Wildman–Crippen MR) is 103 cm³/mol. The van der Waals surface area contributed by atoms with Crippen molar-refractivity contribution < 1.29 is 23.8 Å². The maximum Gasteiger partial charge on any atom is 0.259 e. The van der Waals surface area contributed by atoms with E-state index < -0.39 is 11.8 Å². The molecule has 1 aliphatic heterocycles. The summed E-state index contributed by atoms with van der Waals surface area (Å²) in [4.78, 5) is 24.1. The highest BCUT2D eigenvalue weighted by molar-refractivity contribution is 5.97. The molecule has 146 valence electrons. The molecule has 0 aromatic heterocycles. The van der Waals surface area contributed by atoms with Gasteiger partial charge in [-0.25, -0.2) is 5.43 Å². The van der Waals surface area contributed by atoms with Crippen LogP contribution in [0.5, 0.6) is 17.2 Å². The Kier molecular flexibility index (Phi) is 6.11. The van der Waals surface area contributed by atoms with Gasteiger partial charge in [0, 0.05) is 11.1 Å². The Morgan fingerprint density at radius 2 is 1.96 bits per heavy atom. The fourth-order valence-corrected chi connectivity index (χ4v) is 2.46. The highest BCUT2D eigenvalue weighted by atomic mass is 16.7. The van der Waals surface area contributed by atoms with E-state index in [1.165, 1.54) is 6.21 Å². The quantitative estimate of drug-likeness (QED) is 0.563. The topological polar surface area (TPSA) is 98.2 Å². The van der Waals surface area contributed by atoms with Crippen molar-refractivity contribution in [2.45, 2.75) is 20.0 Å². The molecular formula is C20H21N3O5. The Labute approximate surface area is 162 Å². The number of para-hydroxylation sites is 1. The third-order valence-corrected chi connectivity index (χ3v) is 3.72. The third kappa shape index (κ3) is 5.00. The molecule has 2 amide bonds. The molecule has 3 rings (SSSR count). The van der Waals surface area contributed by atoms with E-state index in [1.54, 1.807) is 18.2 Å². The van der Waals surface area contributed by atoms with Gasteiger partial charge < -0.3 is 19.5 Å². The summed E-state index contributed by atoms with van der Waals surface area (Å²) < 4.78 is 16.1. The fraction of sp³-hybridized carbons (Fsp3) is 0.250. The lowest BCUT2D eigenvalue weighted by molar-refractivity contribution is -0.120. The van der Waals surface area contributed by atoms with Crippen molar-refractivity contribution in [2.75, 3.05) is 13.3 Å². The number of ether oxygens (including phenoxy) is 3. The number of carbonyl (C=O) groups is 2. The Balaban J connectivity index is 1.50. The van der Waals surface area contributed by atoms with Gasteiger partial charge in [0.15, 0.2) is 11.5 Å². The molecule has 0 saturated heterocycles. The molecule has 0 unspecified atom stereocenters. The van der Waals surface area contributed by atoms with Crippen LogP contribution in [-0.4, -0.2) is 37.5 Å². The molecule has 0 bridgehead atoms. The zero-order valence-electron chi connectivity index (χ0n) is 15.6. The Bertz CT molecular complexity index is 895. The second kappa shape index (κ2) is 8.90. The minimum Gasteiger partial charge on any atom is -0.490 e. The first-order valence-corrected chi connectivity index (χ1v) is 8.78. The van der Waals surface area contributed by atoms with Gasteiger partial charge in [0.2, 0.25) is 6.79 Å². The minimum absolute atomic E-state index is 0.0236. The van der Waals surface area contributed by atoms with E-state index in [2.05, 4.69) is 15.8 Å². The average Bonchev–Trinajstić information content (AvgIpc) is 3.15. The first-order chi connectivity index (χ1) is 13.5. The number of rotatable bonds is 7. The second-order valence-corrected chi connectivity index (χ2v) is 6.25. The van der Waals surface area contributed by atoms with Crippen LogP contribution in [0, 0.1) is 0 Å². The van der Waals surface area contributed by atoms with Crippen molar-refractivity contribution in [3.63, 3.8) is 0 Å². The molecule has 0 saturated carbocycles. The van der Waals surface area contributed by atoms with Crippen LogP contribution in [0.25, 0.3) is 0 Å². The zero-order chi connectivity index (χ0) is 19.9. The van der Waals surface area contributed by atoms with E-state index in [9.17, 15) is 9.59 Å². The SMILES string of the molecule is CC(C)Oc1ccccc1/C=N\NC(=O)CNC(=O)c1ccc2c(c1)OCO2. The van der Waals surface area contributed by atoms with E-state index in [1.807, 2.05) is 38.1 Å². The number of hydrogen-bond donors (Lipinski definition) is 2. The molecule has 2 N–H and O–H groups in total. The van der Waals surface area contributed by atoms with Crippen LogP contribution in [0.1, 0.15) is 29.8 Å². The van der Waals surface area contributed by atoms with E-state index in [0.29, 0.717) is 22.8 Å². The van der Waals surface area contributed by atoms with E-state index in [-0.39, 0.29) is 19.4 Å². The summed E-state index contributed by atoms with van der Waals surface area (Å²) in [7, 11) is 0. The van der Waals surface area contributed by atoms with Crippen molar-refractivity contribution in [3.8, 4) is 17.2 Å². The smallest absolute Gasteiger partial charge is 0.259 e. The van der Waals surface area contributed by atoms with Gasteiger partial charge in [0.25, 0.3) is 11.8 Å². The van der Waals surface area contributed by atoms with Crippen molar-refractivity contribution in [1.29, 1.82) is 0 Å². The molecule has 8 heteroatoms. The molecule has 0 aliphatic carbocycles. The summed E-state index contributed by atoms with van der Waals surface area (Å²) in [5.41, 5.74) is 3.49. The van der Waals surface area contributed by atoms with Crippen LogP contribution < -0.4 is 25.0 Å². The Hall–Kier alpha value is -3.55. The normalized spacial score (nSPS) is 12.2. The Morgan fingerprint density at radius 1 is 1.18 bits per heavy atom. The molecule has 0 atom stereocenters. The van der Waals surface area contributed by atoms with Crippen molar-refractivity contribution >= 4 is 18.0 Å². The lowest BCUT2D eigenvalue weighted by atomic mass is 10.2. The van der Waals surface area contributed by atoms with Crippen molar-refractivity contribution in [2.24, 2.45) is 5.10 Å². The molecular weight excluding hydrogens is 362 g/mol. The van der Waals surface area contributed by atoms with Gasteiger partial charge >= 0.3 is 0 Å². The summed E-state index contributed by atoms with van der Waals surface area (Å²) in [6, 6.07) is 12.2. The maximum absolute atomic E-state index is 12.1. The van der Waals surface area contributed by atoms with Crippen molar-refractivity contribution in [3.05, 3.63) is 53.6 Å². The van der Waals surface area contributed by atoms with E-state index >= 15 is 0 Å². The molecule has 0 radical (unpaired) electrons. The van der Waals surface area contributed by atoms with Gasteiger partial charge in [-0.2, -0.15) is 5.10 Å². The van der Waals surface area contributed by atoms with Gasteiger partial charge in [-0.05, 0) is 44.2 Å². The van der Waals surface area contributed by atoms with Gasteiger partial charge in [-0.3, -0.25) is 9.59 Å². The molecule has 0 fully saturated rings. The van der Waals surface area contributed by atoms with Gasteiger partial charge in [-0.1, -0.05) is 12.1 Å². The average molecular weight is 383 g/mol. The minimum atomic E-state index is -0.451. The molecule has 0 spiro atoms. The largest absolute Gasteiger partial charge is 0.490 e. The van der Waals surface area contributed by atoms with Crippen LogP contribution in [0.2, 0.25) is 0 Å². The number of hydrogen-bond acceptors (Lipinski definition) is 6. The zero-order valence-corrected chi connectivity index (χ0v) is 15.6. The molecule has 8 nitrogen and oxygen atoms in total. The number of hydrazone groups is 1. The lowest BCUT2D eigenvalue weighted by Gasteiger charge is -2.11. The summed E-state index contributed by atoms with van der Waals surface area (Å²) >= 11 is 0. The van der Waals surface area contributed by atoms with Crippen LogP contribution in [0.3, 0.4) is 0 Å². The second-order valence-electron chi connectivity index (χ2n) is 6.25. The third-order valence-electron chi connectivity index (χ3n) is 3.72. The summed E-state index contributed by atoms with van der Waals surface area (Å²) in [6.07, 6.45) is 1.52. The van der Waals surface area contributed by atoms with Crippen LogP contribution in [-0.2, 0) is 4.79 Å². The van der Waals surface area contributed by atoms with Gasteiger partial charge in [-0.15, -0.1) is 0 Å². The first kappa shape index (κ1) is 19.2. The number of fused-ring (bicyclic) bond motifs is 1. The molecule has 1 heterocycles. The van der Waals surface area contributed by atoms with E-state index in [0.717, 1.165) is 5.56 Å². The molecule has 28 heavy (non-hydrogen) atoms. The number of carbonyl (C=O) groups excluding carboxylic acids is 2.